The van der Waals surface area contributed by atoms with Gasteiger partial charge in [-0.05, 0) is 0 Å². The molecule has 0 heterocycles. The molecule has 0 spiro atoms. The van der Waals surface area contributed by atoms with Gasteiger partial charge in [0.05, 0.1) is 18.7 Å². The van der Waals surface area contributed by atoms with E-state index in [2.05, 4.69) is 0 Å². The van der Waals surface area contributed by atoms with Crippen LogP contribution in [0.4, 0.5) is 8.78 Å². The van der Waals surface area contributed by atoms with E-state index in [1.807, 2.05) is 0 Å². The van der Waals surface area contributed by atoms with Gasteiger partial charge in [-0.25, -0.2) is 17.2 Å². The quantitative estimate of drug-likeness (QED) is 0.697. The minimum absolute atomic E-state index is 0.459. The first-order valence-electron chi connectivity index (χ1n) is 3.69. The summed E-state index contributed by atoms with van der Waals surface area (Å²) in [4.78, 5) is 10.1. The van der Waals surface area contributed by atoms with E-state index in [4.69, 9.17) is 5.11 Å². The van der Waals surface area contributed by atoms with Crippen LogP contribution in [0.5, 0.6) is 0 Å². The Morgan fingerprint density at radius 3 is 2.36 bits per heavy atom. The molecule has 0 aromatic heterocycles. The molecule has 14 heavy (non-hydrogen) atoms. The van der Waals surface area contributed by atoms with Crippen LogP contribution in [0.25, 0.3) is 0 Å². The molecule has 0 rings (SSSR count). The molecule has 84 valence electrons. The summed E-state index contributed by atoms with van der Waals surface area (Å²) in [5, 5.41) is 8.21. The number of hydrogen-bond acceptors (Lipinski definition) is 3. The predicted molar refractivity (Wildman–Crippen MR) is 44.7 cm³/mol. The number of carbonyl (C=O) groups is 1. The minimum atomic E-state index is -3.88. The predicted octanol–water partition coefficient (Wildman–Crippen LogP) is -0.0122. The molecule has 0 aromatic rings. The van der Waals surface area contributed by atoms with Gasteiger partial charge in [0.1, 0.15) is 0 Å². The van der Waals surface area contributed by atoms with E-state index in [0.717, 1.165) is 7.05 Å². The second kappa shape index (κ2) is 5.20. The van der Waals surface area contributed by atoms with Crippen LogP contribution >= 0.6 is 0 Å². The molecule has 0 bridgehead atoms. The third kappa shape index (κ3) is 5.07. The number of aliphatic carboxylic acids is 1. The Kier molecular flexibility index (Phi) is 4.92. The van der Waals surface area contributed by atoms with Gasteiger partial charge in [0.15, 0.2) is 0 Å². The molecule has 0 aliphatic carbocycles. The van der Waals surface area contributed by atoms with E-state index in [1.165, 1.54) is 0 Å². The molecule has 0 saturated carbocycles. The van der Waals surface area contributed by atoms with E-state index in [-0.39, 0.29) is 0 Å². The summed E-state index contributed by atoms with van der Waals surface area (Å²) >= 11 is 0. The van der Waals surface area contributed by atoms with Gasteiger partial charge in [-0.15, -0.1) is 0 Å². The van der Waals surface area contributed by atoms with Crippen molar-refractivity contribution in [2.45, 2.75) is 12.8 Å². The van der Waals surface area contributed by atoms with Gasteiger partial charge < -0.3 is 5.11 Å². The highest BCUT2D eigenvalue weighted by Crippen LogP contribution is 2.04. The van der Waals surface area contributed by atoms with Gasteiger partial charge in [0.2, 0.25) is 10.0 Å². The van der Waals surface area contributed by atoms with Crippen LogP contribution in [0.1, 0.15) is 6.42 Å². The van der Waals surface area contributed by atoms with Crippen molar-refractivity contribution < 1.29 is 27.1 Å². The molecule has 0 saturated heterocycles. The maximum atomic E-state index is 11.8. The minimum Gasteiger partial charge on any atom is -0.481 e. The van der Waals surface area contributed by atoms with Crippen molar-refractivity contribution in [2.75, 3.05) is 19.3 Å². The Bertz CT molecular complexity index is 290. The van der Waals surface area contributed by atoms with E-state index in [9.17, 15) is 22.0 Å². The number of sulfonamides is 1. The van der Waals surface area contributed by atoms with Gasteiger partial charge >= 0.3 is 5.97 Å². The van der Waals surface area contributed by atoms with Crippen molar-refractivity contribution in [3.05, 3.63) is 0 Å². The van der Waals surface area contributed by atoms with Crippen molar-refractivity contribution in [2.24, 2.45) is 0 Å². The van der Waals surface area contributed by atoms with Gasteiger partial charge in [-0.2, -0.15) is 4.31 Å². The van der Waals surface area contributed by atoms with Crippen LogP contribution in [0.15, 0.2) is 0 Å². The van der Waals surface area contributed by atoms with Crippen LogP contribution in [0, 0.1) is 0 Å². The number of hydrogen-bond donors (Lipinski definition) is 1. The zero-order valence-corrected chi connectivity index (χ0v) is 8.30. The maximum Gasteiger partial charge on any atom is 0.304 e. The summed E-state index contributed by atoms with van der Waals surface area (Å²) in [6.07, 6.45) is -3.35. The second-order valence-corrected chi connectivity index (χ2v) is 4.83. The van der Waals surface area contributed by atoms with Crippen molar-refractivity contribution in [3.8, 4) is 0 Å². The summed E-state index contributed by atoms with van der Waals surface area (Å²) in [6.45, 7) is -0.915. The summed E-state index contributed by atoms with van der Waals surface area (Å²) in [6, 6.07) is 0. The molecule has 5 nitrogen and oxygen atoms in total. The zero-order chi connectivity index (χ0) is 11.4. The lowest BCUT2D eigenvalue weighted by atomic mass is 10.5. The summed E-state index contributed by atoms with van der Waals surface area (Å²) in [7, 11) is -2.89. The Labute approximate surface area is 80.4 Å². The highest BCUT2D eigenvalue weighted by molar-refractivity contribution is 7.89. The van der Waals surface area contributed by atoms with Gasteiger partial charge in [0.25, 0.3) is 6.43 Å². The highest BCUT2D eigenvalue weighted by atomic mass is 32.2. The number of nitrogens with zero attached hydrogens (tertiary/aromatic N) is 1. The standard InChI is InChI=1S/C6H11F2NO4S/c1-9(4-5(7)8)14(12,13)3-2-6(10)11/h5H,2-4H2,1H3,(H,10,11). The molecule has 0 atom stereocenters. The van der Waals surface area contributed by atoms with Crippen molar-refractivity contribution in [3.63, 3.8) is 0 Å². The number of carboxylic acid groups (broad SMARTS) is 1. The summed E-state index contributed by atoms with van der Waals surface area (Å²) in [5.74, 6) is -1.94. The molecule has 0 unspecified atom stereocenters. The van der Waals surface area contributed by atoms with Crippen LogP contribution in [-0.2, 0) is 14.8 Å². The number of halogens is 2. The van der Waals surface area contributed by atoms with Crippen LogP contribution in [-0.4, -0.2) is 49.6 Å². The fourth-order valence-corrected chi connectivity index (χ4v) is 1.76. The molecule has 0 aliphatic rings. The average Bonchev–Trinajstić information content (AvgIpc) is 1.99. The van der Waals surface area contributed by atoms with Gasteiger partial charge in [-0.1, -0.05) is 0 Å². The third-order valence-electron chi connectivity index (χ3n) is 1.44. The first-order valence-corrected chi connectivity index (χ1v) is 5.30. The van der Waals surface area contributed by atoms with Crippen LogP contribution in [0.3, 0.4) is 0 Å². The smallest absolute Gasteiger partial charge is 0.304 e. The van der Waals surface area contributed by atoms with Crippen LogP contribution < -0.4 is 0 Å². The summed E-state index contributed by atoms with van der Waals surface area (Å²) < 4.78 is 46.2. The van der Waals surface area contributed by atoms with E-state index in [0.29, 0.717) is 4.31 Å². The fraction of sp³-hybridized carbons (Fsp3) is 0.833. The second-order valence-electron chi connectivity index (χ2n) is 2.63. The molecule has 8 heteroatoms. The Morgan fingerprint density at radius 2 is 2.00 bits per heavy atom. The average molecular weight is 231 g/mol. The summed E-state index contributed by atoms with van der Waals surface area (Å²) in [5.41, 5.74) is 0. The lowest BCUT2D eigenvalue weighted by Gasteiger charge is -2.15. The van der Waals surface area contributed by atoms with Crippen LogP contribution in [0.2, 0.25) is 0 Å². The molecule has 1 N–H and O–H groups in total. The normalized spacial score (nSPS) is 12.4. The molecule has 0 aliphatic heterocycles. The molecule has 0 radical (unpaired) electrons. The molecular formula is C6H11F2NO4S. The number of carboxylic acids is 1. The molecular weight excluding hydrogens is 220 g/mol. The van der Waals surface area contributed by atoms with Gasteiger partial charge in [-0.3, -0.25) is 4.79 Å². The van der Waals surface area contributed by atoms with Crippen molar-refractivity contribution in [1.29, 1.82) is 0 Å². The first-order chi connectivity index (χ1) is 6.25. The molecule has 0 aromatic carbocycles. The van der Waals surface area contributed by atoms with Crippen molar-refractivity contribution >= 4 is 16.0 Å². The Hall–Kier alpha value is -0.760. The fourth-order valence-electron chi connectivity index (χ4n) is 0.680. The number of alkyl halides is 2. The third-order valence-corrected chi connectivity index (χ3v) is 3.26. The maximum absolute atomic E-state index is 11.8. The molecule has 0 fully saturated rings. The molecule has 0 amide bonds. The zero-order valence-electron chi connectivity index (χ0n) is 7.48. The topological polar surface area (TPSA) is 74.7 Å². The Balaban J connectivity index is 4.24. The van der Waals surface area contributed by atoms with E-state index < -0.39 is 41.1 Å². The van der Waals surface area contributed by atoms with Crippen molar-refractivity contribution in [1.82, 2.24) is 4.31 Å². The van der Waals surface area contributed by atoms with E-state index >= 15 is 0 Å². The lowest BCUT2D eigenvalue weighted by molar-refractivity contribution is -0.136. The largest absolute Gasteiger partial charge is 0.481 e. The van der Waals surface area contributed by atoms with Gasteiger partial charge in [0, 0.05) is 7.05 Å². The Morgan fingerprint density at radius 1 is 1.50 bits per heavy atom. The SMILES string of the molecule is CN(CC(F)F)S(=O)(=O)CCC(=O)O. The monoisotopic (exact) mass is 231 g/mol. The van der Waals surface area contributed by atoms with E-state index in [1.54, 1.807) is 0 Å². The first kappa shape index (κ1) is 13.2. The highest BCUT2D eigenvalue weighted by Gasteiger charge is 2.21. The number of rotatable bonds is 6. The lowest BCUT2D eigenvalue weighted by Crippen LogP contribution is -2.33.